The van der Waals surface area contributed by atoms with Gasteiger partial charge in [-0.15, -0.1) is 0 Å². The van der Waals surface area contributed by atoms with Gasteiger partial charge >= 0.3 is 0 Å². The number of sulfonamides is 1. The van der Waals surface area contributed by atoms with E-state index in [1.54, 1.807) is 65.6 Å². The maximum atomic E-state index is 13.5. The molecule has 3 aromatic heterocycles. The second-order valence-electron chi connectivity index (χ2n) is 8.26. The van der Waals surface area contributed by atoms with E-state index in [-0.39, 0.29) is 17.7 Å². The van der Waals surface area contributed by atoms with Crippen molar-refractivity contribution in [1.82, 2.24) is 19.5 Å². The second-order valence-corrected chi connectivity index (χ2v) is 10.1. The van der Waals surface area contributed by atoms with Crippen LogP contribution in [0.5, 0.6) is 0 Å². The normalized spacial score (nSPS) is 11.8. The van der Waals surface area contributed by atoms with Crippen LogP contribution in [-0.4, -0.2) is 28.4 Å². The number of fused-ring (bicyclic) bond motifs is 2. The Morgan fingerprint density at radius 2 is 1.86 bits per heavy atom. The Kier molecular flexibility index (Phi) is 5.75. The highest BCUT2D eigenvalue weighted by atomic mass is 32.2. The summed E-state index contributed by atoms with van der Waals surface area (Å²) in [4.78, 5) is 18.0. The lowest BCUT2D eigenvalue weighted by Gasteiger charge is -2.06. The van der Waals surface area contributed by atoms with E-state index in [4.69, 9.17) is 0 Å². The molecule has 2 N–H and O–H groups in total. The standard InChI is InChI=1S/C25H22N5O4S/c1-29-15-20(13-27-29)19-11-23-24(26-12-19)8-7-18-6-5-17(10-22(18)25(23)31)16-35(33,34)28-14-21-4-2-3-9-30(21)32/h2-13,15,28,32H,14,16H2,1H3/q+1. The predicted octanol–water partition coefficient (Wildman–Crippen LogP) is 2.29. The molecule has 176 valence electrons. The van der Waals surface area contributed by atoms with Gasteiger partial charge in [0.15, 0.2) is 5.43 Å². The summed E-state index contributed by atoms with van der Waals surface area (Å²) in [6.07, 6.45) is 6.67. The minimum atomic E-state index is -3.73. The topological polar surface area (TPSA) is 118 Å². The van der Waals surface area contributed by atoms with Crippen molar-refractivity contribution in [3.05, 3.63) is 101 Å². The van der Waals surface area contributed by atoms with Gasteiger partial charge in [0.1, 0.15) is 6.54 Å². The van der Waals surface area contributed by atoms with Crippen molar-refractivity contribution < 1.29 is 18.4 Å². The molecule has 0 saturated carbocycles. The smallest absolute Gasteiger partial charge is 0.248 e. The first-order chi connectivity index (χ1) is 16.8. The Morgan fingerprint density at radius 3 is 2.63 bits per heavy atom. The lowest BCUT2D eigenvalue weighted by atomic mass is 10.1. The highest BCUT2D eigenvalue weighted by Crippen LogP contribution is 2.22. The van der Waals surface area contributed by atoms with Crippen LogP contribution in [0.2, 0.25) is 0 Å². The molecule has 5 aromatic rings. The molecule has 0 spiro atoms. The third kappa shape index (κ3) is 4.75. The van der Waals surface area contributed by atoms with Gasteiger partial charge in [-0.1, -0.05) is 18.2 Å². The molecule has 0 radical (unpaired) electrons. The molecule has 10 heteroatoms. The molecule has 0 aliphatic heterocycles. The zero-order valence-corrected chi connectivity index (χ0v) is 19.6. The van der Waals surface area contributed by atoms with Crippen molar-refractivity contribution in [3.63, 3.8) is 0 Å². The summed E-state index contributed by atoms with van der Waals surface area (Å²) in [6.45, 7) is -0.0670. The first-order valence-corrected chi connectivity index (χ1v) is 12.5. The van der Waals surface area contributed by atoms with Crippen LogP contribution < -0.4 is 14.9 Å². The molecule has 35 heavy (non-hydrogen) atoms. The molecule has 0 unspecified atom stereocenters. The summed E-state index contributed by atoms with van der Waals surface area (Å²) in [7, 11) is -1.91. The molecule has 0 saturated heterocycles. The van der Waals surface area contributed by atoms with Crippen molar-refractivity contribution >= 4 is 31.7 Å². The lowest BCUT2D eigenvalue weighted by molar-refractivity contribution is -0.909. The highest BCUT2D eigenvalue weighted by Gasteiger charge is 2.16. The average molecular weight is 489 g/mol. The first kappa shape index (κ1) is 22.6. The SMILES string of the molecule is Cn1cc(-c2cnc3ccc4ccc(CS(=O)(=O)NCc5cccc[n+]5O)cc4c(=O)c3c2)cn1. The molecular weight excluding hydrogens is 466 g/mol. The lowest BCUT2D eigenvalue weighted by Crippen LogP contribution is -2.38. The number of hydrogen-bond acceptors (Lipinski definition) is 6. The van der Waals surface area contributed by atoms with Crippen LogP contribution in [0.4, 0.5) is 0 Å². The van der Waals surface area contributed by atoms with Crippen molar-refractivity contribution in [2.45, 2.75) is 12.3 Å². The molecule has 0 atom stereocenters. The van der Waals surface area contributed by atoms with Gasteiger partial charge in [-0.25, -0.2) is 13.1 Å². The second kappa shape index (κ2) is 8.90. The number of aryl methyl sites for hydroxylation is 1. The zero-order valence-electron chi connectivity index (χ0n) is 18.8. The van der Waals surface area contributed by atoms with Crippen molar-refractivity contribution in [2.75, 3.05) is 0 Å². The summed E-state index contributed by atoms with van der Waals surface area (Å²) in [5.74, 6) is -0.309. The van der Waals surface area contributed by atoms with E-state index < -0.39 is 10.0 Å². The number of benzene rings is 1. The van der Waals surface area contributed by atoms with Crippen LogP contribution in [-0.2, 0) is 29.4 Å². The van der Waals surface area contributed by atoms with Gasteiger partial charge < -0.3 is 0 Å². The monoisotopic (exact) mass is 488 g/mol. The Labute approximate surface area is 200 Å². The largest absolute Gasteiger partial charge is 0.289 e. The number of nitrogens with one attached hydrogen (secondary N) is 1. The third-order valence-electron chi connectivity index (χ3n) is 5.74. The van der Waals surface area contributed by atoms with E-state index >= 15 is 0 Å². The molecule has 0 aliphatic rings. The van der Waals surface area contributed by atoms with E-state index in [2.05, 4.69) is 14.8 Å². The Morgan fingerprint density at radius 1 is 1.03 bits per heavy atom. The summed E-state index contributed by atoms with van der Waals surface area (Å²) >= 11 is 0. The van der Waals surface area contributed by atoms with Gasteiger partial charge in [0.25, 0.3) is 0 Å². The highest BCUT2D eigenvalue weighted by molar-refractivity contribution is 7.88. The van der Waals surface area contributed by atoms with Gasteiger partial charge in [0, 0.05) is 58.2 Å². The summed E-state index contributed by atoms with van der Waals surface area (Å²) in [5.41, 5.74) is 2.81. The third-order valence-corrected chi connectivity index (χ3v) is 7.03. The Hall–Kier alpha value is -4.15. The molecule has 9 nitrogen and oxygen atoms in total. The number of nitrogens with zero attached hydrogens (tertiary/aromatic N) is 4. The van der Waals surface area contributed by atoms with Crippen LogP contribution in [0, 0.1) is 0 Å². The number of pyridine rings is 2. The molecular formula is C25H22N5O4S+. The fourth-order valence-electron chi connectivity index (χ4n) is 3.93. The first-order valence-electron chi connectivity index (χ1n) is 10.8. The minimum Gasteiger partial charge on any atom is -0.289 e. The van der Waals surface area contributed by atoms with Crippen LogP contribution in [0.15, 0.2) is 84.2 Å². The number of rotatable bonds is 6. The van der Waals surface area contributed by atoms with Gasteiger partial charge in [0.2, 0.25) is 21.9 Å². The van der Waals surface area contributed by atoms with Crippen LogP contribution >= 0.6 is 0 Å². The maximum absolute atomic E-state index is 13.5. The predicted molar refractivity (Wildman–Crippen MR) is 131 cm³/mol. The van der Waals surface area contributed by atoms with Crippen LogP contribution in [0.3, 0.4) is 0 Å². The van der Waals surface area contributed by atoms with E-state index in [9.17, 15) is 18.4 Å². The van der Waals surface area contributed by atoms with Crippen molar-refractivity contribution in [3.8, 4) is 11.1 Å². The fourth-order valence-corrected chi connectivity index (χ4v) is 5.02. The average Bonchev–Trinajstić information content (AvgIpc) is 3.22. The molecule has 0 aliphatic carbocycles. The summed E-state index contributed by atoms with van der Waals surface area (Å²) < 4.78 is 30.4. The number of hydrogen-bond donors (Lipinski definition) is 2. The van der Waals surface area contributed by atoms with Crippen molar-refractivity contribution in [2.24, 2.45) is 7.05 Å². The minimum absolute atomic E-state index is 0.0670. The number of aromatic nitrogens is 4. The summed E-state index contributed by atoms with van der Waals surface area (Å²) in [6, 6.07) is 15.4. The molecule has 5 rings (SSSR count). The molecule has 0 fully saturated rings. The Bertz CT molecular complexity index is 1750. The van der Waals surface area contributed by atoms with Crippen molar-refractivity contribution in [1.29, 1.82) is 0 Å². The van der Waals surface area contributed by atoms with Gasteiger partial charge in [0.05, 0.1) is 17.5 Å². The zero-order chi connectivity index (χ0) is 24.6. The van der Waals surface area contributed by atoms with Crippen LogP contribution in [0.25, 0.3) is 32.8 Å². The van der Waals surface area contributed by atoms with Crippen LogP contribution in [0.1, 0.15) is 11.3 Å². The van der Waals surface area contributed by atoms with Gasteiger partial charge in [-0.2, -0.15) is 5.10 Å². The molecule has 0 amide bonds. The van der Waals surface area contributed by atoms with Gasteiger partial charge in [-0.05, 0) is 35.2 Å². The Balaban J connectivity index is 1.50. The van der Waals surface area contributed by atoms with E-state index in [1.807, 2.05) is 19.3 Å². The van der Waals surface area contributed by atoms with Gasteiger partial charge in [-0.3, -0.25) is 19.7 Å². The summed E-state index contributed by atoms with van der Waals surface area (Å²) in [5, 5.41) is 15.5. The van der Waals surface area contributed by atoms with E-state index in [0.29, 0.717) is 32.9 Å². The molecule has 3 heterocycles. The van der Waals surface area contributed by atoms with E-state index in [0.717, 1.165) is 15.9 Å². The molecule has 0 bridgehead atoms. The van der Waals surface area contributed by atoms with E-state index in [1.165, 1.54) is 6.20 Å². The quantitative estimate of drug-likeness (QED) is 0.280. The maximum Gasteiger partial charge on any atom is 0.248 e. The fraction of sp³-hybridized carbons (Fsp3) is 0.120. The molecule has 2 aromatic carbocycles.